The molecule has 0 aliphatic heterocycles. The molecule has 6 rings (SSSR count). The van der Waals surface area contributed by atoms with Crippen LogP contribution in [0.5, 0.6) is 11.5 Å². The number of aryl methyl sites for hydroxylation is 2. The number of unbranched alkanes of at least 4 members (excludes halogenated alkanes) is 10. The van der Waals surface area contributed by atoms with E-state index in [0.717, 1.165) is 104 Å². The van der Waals surface area contributed by atoms with Crippen molar-refractivity contribution >= 4 is 55.0 Å². The van der Waals surface area contributed by atoms with Crippen molar-refractivity contribution in [3.8, 4) is 22.6 Å². The number of esters is 2. The Balaban J connectivity index is 1.49. The highest BCUT2D eigenvalue weighted by Crippen LogP contribution is 2.51. The van der Waals surface area contributed by atoms with Gasteiger partial charge in [0.25, 0.3) is 0 Å². The molecule has 0 aliphatic carbocycles. The lowest BCUT2D eigenvalue weighted by Gasteiger charge is -2.22. The van der Waals surface area contributed by atoms with E-state index in [1.54, 1.807) is 0 Å². The van der Waals surface area contributed by atoms with E-state index in [1.807, 2.05) is 12.1 Å². The highest BCUT2D eigenvalue weighted by Gasteiger charge is 2.25. The first-order valence-corrected chi connectivity index (χ1v) is 19.7. The number of carbonyl (C=O) groups excluding carboxylic acids is 2. The molecule has 0 heterocycles. The van der Waals surface area contributed by atoms with Crippen LogP contribution in [0.3, 0.4) is 0 Å². The molecule has 4 nitrogen and oxygen atoms in total. The summed E-state index contributed by atoms with van der Waals surface area (Å²) in [6.07, 6.45) is 14.2. The number of ether oxygens (including phenoxy) is 2. The molecule has 0 saturated heterocycles. The summed E-state index contributed by atoms with van der Waals surface area (Å²) in [6, 6.07) is 29.3. The molecule has 6 aromatic rings. The summed E-state index contributed by atoms with van der Waals surface area (Å²) in [5.41, 5.74) is 4.28. The lowest BCUT2D eigenvalue weighted by Crippen LogP contribution is -2.09. The molecule has 0 unspecified atom stereocenters. The molecular formula is C48H54O4. The monoisotopic (exact) mass is 694 g/mol. The Labute approximate surface area is 309 Å². The summed E-state index contributed by atoms with van der Waals surface area (Å²) in [7, 11) is 0. The van der Waals surface area contributed by atoms with Crippen molar-refractivity contribution in [2.24, 2.45) is 0 Å². The van der Waals surface area contributed by atoms with Crippen LogP contribution in [0.4, 0.5) is 0 Å². The number of hydrogen-bond acceptors (Lipinski definition) is 4. The van der Waals surface area contributed by atoms with Gasteiger partial charge in [0, 0.05) is 34.4 Å². The summed E-state index contributed by atoms with van der Waals surface area (Å²) >= 11 is 0. The quantitative estimate of drug-likeness (QED) is 0.0413. The smallest absolute Gasteiger partial charge is 0.311 e. The van der Waals surface area contributed by atoms with E-state index in [4.69, 9.17) is 9.47 Å². The average molecular weight is 695 g/mol. The van der Waals surface area contributed by atoms with Crippen molar-refractivity contribution in [3.63, 3.8) is 0 Å². The molecule has 0 bridgehead atoms. The van der Waals surface area contributed by atoms with Crippen molar-refractivity contribution in [2.75, 3.05) is 0 Å². The molecule has 270 valence electrons. The minimum absolute atomic E-state index is 0.184. The summed E-state index contributed by atoms with van der Waals surface area (Å²) in [5, 5.41) is 7.82. The molecule has 0 aliphatic rings. The van der Waals surface area contributed by atoms with Gasteiger partial charge in [0.2, 0.25) is 0 Å². The normalized spacial score (nSPS) is 11.5. The fraction of sp³-hybridized carbons (Fsp3) is 0.375. The second-order valence-electron chi connectivity index (χ2n) is 14.5. The van der Waals surface area contributed by atoms with Crippen molar-refractivity contribution in [1.29, 1.82) is 0 Å². The molecule has 0 saturated carbocycles. The maximum absolute atomic E-state index is 13.4. The molecule has 6 aromatic carbocycles. The molecule has 0 aromatic heterocycles. The standard InChI is InChI=1S/C48H54O4/c1-5-7-9-11-13-15-31-41(49)51-47-37-27-19-17-25-35(37)45(39-29-21-23-33(3)43(39)47)46-36-26-18-20-28-38(36)48(44-34(4)24-22-30-40(44)46)52-42(50)32-16-14-12-10-8-6-2/h17-30H,5-16,31-32H2,1-4H3. The molecule has 0 spiro atoms. The number of hydrogen-bond donors (Lipinski definition) is 0. The first-order valence-electron chi connectivity index (χ1n) is 19.7. The molecule has 0 N–H and O–H groups in total. The Hall–Kier alpha value is -4.70. The first kappa shape index (κ1) is 37.1. The number of carbonyl (C=O) groups is 2. The van der Waals surface area contributed by atoms with Crippen molar-refractivity contribution in [1.82, 2.24) is 0 Å². The van der Waals surface area contributed by atoms with Crippen LogP contribution in [0.15, 0.2) is 84.9 Å². The van der Waals surface area contributed by atoms with Crippen LogP contribution in [0.1, 0.15) is 115 Å². The number of benzene rings is 6. The second kappa shape index (κ2) is 17.7. The van der Waals surface area contributed by atoms with E-state index in [0.29, 0.717) is 24.3 Å². The van der Waals surface area contributed by atoms with Crippen molar-refractivity contribution in [2.45, 2.75) is 118 Å². The van der Waals surface area contributed by atoms with Crippen LogP contribution in [-0.2, 0) is 9.59 Å². The van der Waals surface area contributed by atoms with Gasteiger partial charge < -0.3 is 9.47 Å². The fourth-order valence-corrected chi connectivity index (χ4v) is 7.89. The third-order valence-corrected chi connectivity index (χ3v) is 10.6. The van der Waals surface area contributed by atoms with Gasteiger partial charge in [-0.3, -0.25) is 9.59 Å². The summed E-state index contributed by atoms with van der Waals surface area (Å²) in [6.45, 7) is 8.63. The van der Waals surface area contributed by atoms with Crippen LogP contribution >= 0.6 is 0 Å². The summed E-state index contributed by atoms with van der Waals surface area (Å²) < 4.78 is 12.7. The van der Waals surface area contributed by atoms with Gasteiger partial charge in [-0.1, -0.05) is 163 Å². The highest BCUT2D eigenvalue weighted by molar-refractivity contribution is 6.27. The van der Waals surface area contributed by atoms with E-state index in [2.05, 4.69) is 100 Å². The number of rotatable bonds is 17. The Morgan fingerprint density at radius 2 is 0.769 bits per heavy atom. The van der Waals surface area contributed by atoms with Crippen molar-refractivity contribution in [3.05, 3.63) is 96.1 Å². The van der Waals surface area contributed by atoms with Gasteiger partial charge in [-0.05, 0) is 70.5 Å². The second-order valence-corrected chi connectivity index (χ2v) is 14.5. The molecule has 52 heavy (non-hydrogen) atoms. The molecule has 0 fully saturated rings. The van der Waals surface area contributed by atoms with E-state index < -0.39 is 0 Å². The Morgan fingerprint density at radius 1 is 0.423 bits per heavy atom. The first-order chi connectivity index (χ1) is 25.4. The minimum Gasteiger partial charge on any atom is -0.425 e. The Morgan fingerprint density at radius 3 is 1.17 bits per heavy atom. The van der Waals surface area contributed by atoms with E-state index in [-0.39, 0.29) is 11.9 Å². The van der Waals surface area contributed by atoms with Crippen LogP contribution in [0.25, 0.3) is 54.2 Å². The average Bonchev–Trinajstić information content (AvgIpc) is 3.15. The van der Waals surface area contributed by atoms with E-state index in [1.165, 1.54) is 38.5 Å². The van der Waals surface area contributed by atoms with Gasteiger partial charge in [0.1, 0.15) is 11.5 Å². The lowest BCUT2D eigenvalue weighted by atomic mass is 9.84. The van der Waals surface area contributed by atoms with Crippen molar-refractivity contribution < 1.29 is 19.1 Å². The Bertz CT molecular complexity index is 2040. The molecule has 4 heteroatoms. The van der Waals surface area contributed by atoms with Gasteiger partial charge >= 0.3 is 11.9 Å². The van der Waals surface area contributed by atoms with Gasteiger partial charge in [0.15, 0.2) is 0 Å². The predicted octanol–water partition coefficient (Wildman–Crippen LogP) is 13.9. The highest BCUT2D eigenvalue weighted by atomic mass is 16.5. The van der Waals surface area contributed by atoms with Crippen LogP contribution in [0, 0.1) is 13.8 Å². The maximum Gasteiger partial charge on any atom is 0.311 e. The fourth-order valence-electron chi connectivity index (χ4n) is 7.89. The predicted molar refractivity (Wildman–Crippen MR) is 219 cm³/mol. The zero-order valence-corrected chi connectivity index (χ0v) is 31.6. The summed E-state index contributed by atoms with van der Waals surface area (Å²) in [4.78, 5) is 26.9. The lowest BCUT2D eigenvalue weighted by molar-refractivity contribution is -0.135. The van der Waals surface area contributed by atoms with Crippen LogP contribution < -0.4 is 9.47 Å². The van der Waals surface area contributed by atoms with Crippen LogP contribution in [0.2, 0.25) is 0 Å². The third-order valence-electron chi connectivity index (χ3n) is 10.6. The third kappa shape index (κ3) is 8.02. The topological polar surface area (TPSA) is 52.6 Å². The molecule has 0 radical (unpaired) electrons. The maximum atomic E-state index is 13.4. The molecular weight excluding hydrogens is 641 g/mol. The van der Waals surface area contributed by atoms with Gasteiger partial charge in [0.05, 0.1) is 0 Å². The van der Waals surface area contributed by atoms with Gasteiger partial charge in [-0.2, -0.15) is 0 Å². The van der Waals surface area contributed by atoms with E-state index in [9.17, 15) is 9.59 Å². The van der Waals surface area contributed by atoms with Gasteiger partial charge in [-0.15, -0.1) is 0 Å². The number of fused-ring (bicyclic) bond motifs is 4. The largest absolute Gasteiger partial charge is 0.425 e. The van der Waals surface area contributed by atoms with Crippen LogP contribution in [-0.4, -0.2) is 11.9 Å². The van der Waals surface area contributed by atoms with E-state index >= 15 is 0 Å². The summed E-state index contributed by atoms with van der Waals surface area (Å²) in [5.74, 6) is 0.898. The zero-order chi connectivity index (χ0) is 36.5. The molecule has 0 atom stereocenters. The minimum atomic E-state index is -0.184. The Kier molecular flexibility index (Phi) is 12.6. The SMILES string of the molecule is CCCCCCCCC(=O)Oc1c2ccccc2c(-c2c3ccccc3c(OC(=O)CCCCCCCC)c3c(C)cccc23)c2cccc(C)c12. The molecule has 0 amide bonds. The zero-order valence-electron chi connectivity index (χ0n) is 31.6. The van der Waals surface area contributed by atoms with Gasteiger partial charge in [-0.25, -0.2) is 0 Å².